The largest absolute Gasteiger partial charge is 0.468 e. The molecule has 26 heavy (non-hydrogen) atoms. The molecule has 0 bridgehead atoms. The first kappa shape index (κ1) is 16.8. The lowest BCUT2D eigenvalue weighted by molar-refractivity contribution is -0.147. The van der Waals surface area contributed by atoms with Gasteiger partial charge in [-0.3, -0.25) is 4.79 Å². The average molecular weight is 352 g/mol. The third-order valence-electron chi connectivity index (χ3n) is 5.77. The Morgan fingerprint density at radius 1 is 1.35 bits per heavy atom. The van der Waals surface area contributed by atoms with Crippen LogP contribution >= 0.6 is 0 Å². The molecule has 0 amide bonds. The number of aromatic nitrogens is 2. The van der Waals surface area contributed by atoms with Crippen LogP contribution in [0.3, 0.4) is 0 Å². The summed E-state index contributed by atoms with van der Waals surface area (Å²) < 4.78 is 21.3. The predicted molar refractivity (Wildman–Crippen MR) is 96.6 cm³/mol. The first-order chi connectivity index (χ1) is 12.5. The number of ether oxygens (including phenoxy) is 1. The fourth-order valence-corrected chi connectivity index (χ4v) is 4.37. The normalized spacial score (nSPS) is 22.7. The van der Waals surface area contributed by atoms with Gasteiger partial charge in [-0.25, -0.2) is 9.37 Å². The average Bonchev–Trinajstić information content (AvgIpc) is 3.30. The van der Waals surface area contributed by atoms with Crippen LogP contribution in [-0.2, 0) is 14.9 Å². The van der Waals surface area contributed by atoms with Crippen molar-refractivity contribution < 1.29 is 13.9 Å². The van der Waals surface area contributed by atoms with E-state index in [2.05, 4.69) is 17.1 Å². The van der Waals surface area contributed by atoms with Gasteiger partial charge in [0.25, 0.3) is 0 Å². The van der Waals surface area contributed by atoms with E-state index in [9.17, 15) is 9.18 Å². The molecule has 0 aliphatic heterocycles. The molecular weight excluding hydrogens is 331 g/mol. The van der Waals surface area contributed by atoms with Gasteiger partial charge >= 0.3 is 5.97 Å². The molecule has 5 heteroatoms. The van der Waals surface area contributed by atoms with E-state index in [1.165, 1.54) is 13.2 Å². The fourth-order valence-electron chi connectivity index (χ4n) is 4.37. The summed E-state index contributed by atoms with van der Waals surface area (Å²) in [6.07, 6.45) is 7.77. The number of benzene rings is 1. The Kier molecular flexibility index (Phi) is 4.02. The SMILES string of the molecule is COC(=O)C1(c2cccc(F)c2C)CCC(c2ccn3ccnc3c2)C1. The number of imidazole rings is 1. The second kappa shape index (κ2) is 6.24. The summed E-state index contributed by atoms with van der Waals surface area (Å²) in [7, 11) is 1.41. The van der Waals surface area contributed by atoms with Crippen LogP contribution in [0.1, 0.15) is 41.9 Å². The van der Waals surface area contributed by atoms with Crippen LogP contribution in [0.2, 0.25) is 0 Å². The van der Waals surface area contributed by atoms with Crippen LogP contribution in [0.15, 0.2) is 48.9 Å². The Morgan fingerprint density at radius 2 is 2.19 bits per heavy atom. The van der Waals surface area contributed by atoms with Crippen molar-refractivity contribution in [2.75, 3.05) is 7.11 Å². The molecule has 1 aliphatic rings. The molecule has 134 valence electrons. The maximum absolute atomic E-state index is 14.2. The van der Waals surface area contributed by atoms with E-state index < -0.39 is 5.41 Å². The molecule has 2 atom stereocenters. The molecule has 2 aromatic heterocycles. The standard InChI is InChI=1S/C21H21FN2O2/c1-14-17(4-3-5-18(14)22)21(20(25)26-2)8-6-16(13-21)15-7-10-24-11-9-23-19(24)12-15/h3-5,7,9-12,16H,6,8,13H2,1-2H3. The van der Waals surface area contributed by atoms with Gasteiger partial charge in [-0.15, -0.1) is 0 Å². The quantitative estimate of drug-likeness (QED) is 0.665. The van der Waals surface area contributed by atoms with Crippen LogP contribution in [0, 0.1) is 12.7 Å². The Hall–Kier alpha value is -2.69. The summed E-state index contributed by atoms with van der Waals surface area (Å²) in [5.41, 5.74) is 2.52. The molecule has 2 unspecified atom stereocenters. The molecule has 2 heterocycles. The molecule has 0 N–H and O–H groups in total. The molecule has 1 fully saturated rings. The highest BCUT2D eigenvalue weighted by atomic mass is 19.1. The number of hydrogen-bond acceptors (Lipinski definition) is 3. The molecule has 0 saturated heterocycles. The van der Waals surface area contributed by atoms with Crippen molar-refractivity contribution in [2.24, 2.45) is 0 Å². The molecule has 1 aliphatic carbocycles. The molecule has 4 rings (SSSR count). The summed E-state index contributed by atoms with van der Waals surface area (Å²) in [4.78, 5) is 17.1. The number of carbonyl (C=O) groups is 1. The number of fused-ring (bicyclic) bond motifs is 1. The molecule has 0 radical (unpaired) electrons. The number of methoxy groups -OCH3 is 1. The van der Waals surface area contributed by atoms with Crippen LogP contribution in [-0.4, -0.2) is 22.5 Å². The Morgan fingerprint density at radius 3 is 3.00 bits per heavy atom. The van der Waals surface area contributed by atoms with Gasteiger partial charge < -0.3 is 9.14 Å². The van der Waals surface area contributed by atoms with E-state index in [-0.39, 0.29) is 17.7 Å². The van der Waals surface area contributed by atoms with Gasteiger partial charge in [0, 0.05) is 18.6 Å². The zero-order valence-electron chi connectivity index (χ0n) is 14.9. The highest BCUT2D eigenvalue weighted by Crippen LogP contribution is 2.50. The molecule has 1 aromatic carbocycles. The number of carbonyl (C=O) groups excluding carboxylic acids is 1. The topological polar surface area (TPSA) is 43.6 Å². The Labute approximate surface area is 151 Å². The number of rotatable bonds is 3. The van der Waals surface area contributed by atoms with Gasteiger partial charge in [0.1, 0.15) is 11.5 Å². The minimum Gasteiger partial charge on any atom is -0.468 e. The highest BCUT2D eigenvalue weighted by molar-refractivity contribution is 5.84. The molecular formula is C21H21FN2O2. The van der Waals surface area contributed by atoms with Crippen molar-refractivity contribution in [3.63, 3.8) is 0 Å². The lowest BCUT2D eigenvalue weighted by Crippen LogP contribution is -2.35. The second-order valence-electron chi connectivity index (χ2n) is 7.08. The zero-order chi connectivity index (χ0) is 18.3. The van der Waals surface area contributed by atoms with E-state index in [0.717, 1.165) is 23.2 Å². The number of pyridine rings is 1. The number of esters is 1. The summed E-state index contributed by atoms with van der Waals surface area (Å²) in [5, 5.41) is 0. The third kappa shape index (κ3) is 2.50. The van der Waals surface area contributed by atoms with Crippen molar-refractivity contribution in [3.8, 4) is 0 Å². The van der Waals surface area contributed by atoms with Crippen molar-refractivity contribution in [2.45, 2.75) is 37.5 Å². The second-order valence-corrected chi connectivity index (χ2v) is 7.08. The minimum atomic E-state index is -0.798. The molecule has 3 aromatic rings. The molecule has 0 spiro atoms. The number of halogens is 1. The van der Waals surface area contributed by atoms with Gasteiger partial charge in [-0.1, -0.05) is 12.1 Å². The fraction of sp³-hybridized carbons (Fsp3) is 0.333. The van der Waals surface area contributed by atoms with E-state index in [4.69, 9.17) is 4.74 Å². The van der Waals surface area contributed by atoms with Crippen LogP contribution < -0.4 is 0 Å². The highest BCUT2D eigenvalue weighted by Gasteiger charge is 2.49. The summed E-state index contributed by atoms with van der Waals surface area (Å²) in [6, 6.07) is 9.10. The van der Waals surface area contributed by atoms with Crippen LogP contribution in [0.25, 0.3) is 5.65 Å². The van der Waals surface area contributed by atoms with Crippen molar-refractivity contribution in [1.82, 2.24) is 9.38 Å². The van der Waals surface area contributed by atoms with Crippen molar-refractivity contribution in [1.29, 1.82) is 0 Å². The van der Waals surface area contributed by atoms with E-state index >= 15 is 0 Å². The summed E-state index contributed by atoms with van der Waals surface area (Å²) in [5.74, 6) is -0.359. The number of nitrogens with zero attached hydrogens (tertiary/aromatic N) is 2. The number of hydrogen-bond donors (Lipinski definition) is 0. The van der Waals surface area contributed by atoms with Gasteiger partial charge in [-0.05, 0) is 67.0 Å². The maximum Gasteiger partial charge on any atom is 0.316 e. The first-order valence-corrected chi connectivity index (χ1v) is 8.82. The monoisotopic (exact) mass is 352 g/mol. The lowest BCUT2D eigenvalue weighted by Gasteiger charge is -2.29. The smallest absolute Gasteiger partial charge is 0.316 e. The molecule has 4 nitrogen and oxygen atoms in total. The summed E-state index contributed by atoms with van der Waals surface area (Å²) >= 11 is 0. The molecule has 1 saturated carbocycles. The Balaban J connectivity index is 1.75. The minimum absolute atomic E-state index is 0.207. The third-order valence-corrected chi connectivity index (χ3v) is 5.77. The van der Waals surface area contributed by atoms with Crippen LogP contribution in [0.5, 0.6) is 0 Å². The maximum atomic E-state index is 14.2. The predicted octanol–water partition coefficient (Wildman–Crippen LogP) is 4.16. The van der Waals surface area contributed by atoms with Crippen molar-refractivity contribution >= 4 is 11.6 Å². The van der Waals surface area contributed by atoms with E-state index in [1.807, 2.05) is 22.9 Å². The van der Waals surface area contributed by atoms with Crippen molar-refractivity contribution in [3.05, 3.63) is 71.4 Å². The van der Waals surface area contributed by atoms with Gasteiger partial charge in [0.05, 0.1) is 12.5 Å². The van der Waals surface area contributed by atoms with Gasteiger partial charge in [0.2, 0.25) is 0 Å². The Bertz CT molecular complexity index is 981. The summed E-state index contributed by atoms with van der Waals surface area (Å²) in [6.45, 7) is 1.74. The van der Waals surface area contributed by atoms with Gasteiger partial charge in [-0.2, -0.15) is 0 Å². The first-order valence-electron chi connectivity index (χ1n) is 8.82. The van der Waals surface area contributed by atoms with E-state index in [0.29, 0.717) is 18.4 Å². The van der Waals surface area contributed by atoms with Crippen LogP contribution in [0.4, 0.5) is 4.39 Å². The zero-order valence-corrected chi connectivity index (χ0v) is 14.9. The lowest BCUT2D eigenvalue weighted by atomic mass is 9.75. The van der Waals surface area contributed by atoms with Gasteiger partial charge in [0.15, 0.2) is 0 Å². The van der Waals surface area contributed by atoms with E-state index in [1.54, 1.807) is 19.2 Å².